The van der Waals surface area contributed by atoms with E-state index in [0.29, 0.717) is 28.9 Å². The molecule has 11 heteroatoms. The summed E-state index contributed by atoms with van der Waals surface area (Å²) in [5.74, 6) is -0.349. The number of benzene rings is 2. The lowest BCUT2D eigenvalue weighted by atomic mass is 9.74. The van der Waals surface area contributed by atoms with Crippen LogP contribution in [0, 0.1) is 5.82 Å². The maximum atomic E-state index is 14.3. The number of halogens is 5. The van der Waals surface area contributed by atoms with Crippen LogP contribution in [0.2, 0.25) is 5.02 Å². The summed E-state index contributed by atoms with van der Waals surface area (Å²) in [4.78, 5) is 16.9. The number of H-pyrrole nitrogens is 1. The monoisotopic (exact) mass is 543 g/mol. The molecule has 6 nitrogen and oxygen atoms in total. The van der Waals surface area contributed by atoms with Gasteiger partial charge in [-0.15, -0.1) is 0 Å². The molecule has 1 saturated heterocycles. The summed E-state index contributed by atoms with van der Waals surface area (Å²) < 4.78 is 63.7. The third-order valence-electron chi connectivity index (χ3n) is 7.24. The van der Waals surface area contributed by atoms with Gasteiger partial charge < -0.3 is 14.8 Å². The minimum atomic E-state index is -4.92. The number of alkyl halides is 3. The van der Waals surface area contributed by atoms with Crippen LogP contribution in [0.3, 0.4) is 0 Å². The molecule has 0 bridgehead atoms. The van der Waals surface area contributed by atoms with Crippen molar-refractivity contribution in [1.29, 1.82) is 0 Å². The lowest BCUT2D eigenvalue weighted by Crippen LogP contribution is -2.57. The summed E-state index contributed by atoms with van der Waals surface area (Å²) in [6, 6.07) is 8.56. The first-order chi connectivity index (χ1) is 17.2. The zero-order chi connectivity index (χ0) is 27.2. The first-order valence-corrected chi connectivity index (χ1v) is 12.4. The molecule has 4 rings (SSSR count). The van der Waals surface area contributed by atoms with E-state index in [4.69, 9.17) is 16.3 Å². The molecule has 0 aliphatic carbocycles. The van der Waals surface area contributed by atoms with Crippen molar-refractivity contribution in [3.63, 3.8) is 0 Å². The average Bonchev–Trinajstić information content (AvgIpc) is 3.13. The molecule has 1 fully saturated rings. The number of hydrogen-bond acceptors (Lipinski definition) is 4. The van der Waals surface area contributed by atoms with E-state index in [1.54, 1.807) is 27.7 Å². The maximum Gasteiger partial charge on any atom is 0.418 e. The SMILES string of the molecule is COc1ccc(F)cc1C(C)(C)CC(O)(CN1CCC(n2c(=O)[nH]c3cc(Cl)ccc32)CC1)C(F)(F)F. The van der Waals surface area contributed by atoms with Crippen molar-refractivity contribution < 1.29 is 27.4 Å². The number of likely N-dealkylation sites (tertiary alicyclic amines) is 1. The Bertz CT molecular complexity index is 1330. The molecular weight excluding hydrogens is 514 g/mol. The van der Waals surface area contributed by atoms with Crippen molar-refractivity contribution in [2.45, 2.75) is 56.3 Å². The summed E-state index contributed by atoms with van der Waals surface area (Å²) in [5.41, 5.74) is -3.07. The van der Waals surface area contributed by atoms with Gasteiger partial charge in [-0.3, -0.25) is 9.47 Å². The topological polar surface area (TPSA) is 70.5 Å². The van der Waals surface area contributed by atoms with E-state index < -0.39 is 36.0 Å². The second-order valence-corrected chi connectivity index (χ2v) is 10.8. The molecule has 2 aromatic carbocycles. The molecule has 0 saturated carbocycles. The van der Waals surface area contributed by atoms with Gasteiger partial charge in [-0.1, -0.05) is 25.4 Å². The molecule has 1 aromatic heterocycles. The summed E-state index contributed by atoms with van der Waals surface area (Å²) >= 11 is 6.01. The van der Waals surface area contributed by atoms with Crippen LogP contribution >= 0.6 is 11.6 Å². The van der Waals surface area contributed by atoms with E-state index in [0.717, 1.165) is 6.07 Å². The van der Waals surface area contributed by atoms with Crippen LogP contribution in [0.1, 0.15) is 44.7 Å². The molecule has 2 heterocycles. The number of aromatic amines is 1. The quantitative estimate of drug-likeness (QED) is 0.390. The average molecular weight is 544 g/mol. The number of nitrogens with one attached hydrogen (secondary N) is 1. The van der Waals surface area contributed by atoms with Crippen LogP contribution in [0.25, 0.3) is 11.0 Å². The number of ether oxygens (including phenoxy) is 1. The molecule has 0 amide bonds. The Labute approximate surface area is 216 Å². The maximum absolute atomic E-state index is 14.3. The van der Waals surface area contributed by atoms with Gasteiger partial charge in [0.2, 0.25) is 0 Å². The number of aromatic nitrogens is 2. The van der Waals surface area contributed by atoms with Crippen molar-refractivity contribution in [3.05, 3.63) is 63.3 Å². The first kappa shape index (κ1) is 27.5. The molecule has 202 valence electrons. The lowest BCUT2D eigenvalue weighted by molar-refractivity contribution is -0.272. The van der Waals surface area contributed by atoms with Crippen LogP contribution in [0.5, 0.6) is 5.75 Å². The molecule has 1 aliphatic rings. The number of hydrogen-bond donors (Lipinski definition) is 2. The standard InChI is InChI=1S/C26H30ClF4N3O3/c1-24(2,19-13-17(28)5-7-22(19)37-3)14-25(36,26(29,30)31)15-33-10-8-18(9-11-33)34-21-6-4-16(27)12-20(21)32-23(34)35/h4-7,12-13,18,36H,8-11,14-15H2,1-3H3,(H,32,35). The second-order valence-electron chi connectivity index (χ2n) is 10.4. The predicted molar refractivity (Wildman–Crippen MR) is 134 cm³/mol. The van der Waals surface area contributed by atoms with Crippen LogP contribution in [-0.2, 0) is 5.41 Å². The minimum Gasteiger partial charge on any atom is -0.496 e. The Morgan fingerprint density at radius 1 is 1.14 bits per heavy atom. The van der Waals surface area contributed by atoms with Crippen molar-refractivity contribution >= 4 is 22.6 Å². The van der Waals surface area contributed by atoms with Gasteiger partial charge in [-0.25, -0.2) is 9.18 Å². The number of aliphatic hydroxyl groups is 1. The number of rotatable bonds is 7. The molecule has 1 atom stereocenters. The highest BCUT2D eigenvalue weighted by Gasteiger charge is 2.57. The Kier molecular flexibility index (Phi) is 7.40. The van der Waals surface area contributed by atoms with Gasteiger partial charge in [0, 0.05) is 36.3 Å². The van der Waals surface area contributed by atoms with E-state index in [1.807, 2.05) is 0 Å². The van der Waals surface area contributed by atoms with Crippen LogP contribution in [0.4, 0.5) is 17.6 Å². The zero-order valence-corrected chi connectivity index (χ0v) is 21.6. The highest BCUT2D eigenvalue weighted by atomic mass is 35.5. The van der Waals surface area contributed by atoms with Gasteiger partial charge in [0.25, 0.3) is 0 Å². The van der Waals surface area contributed by atoms with Crippen molar-refractivity contribution in [1.82, 2.24) is 14.5 Å². The van der Waals surface area contributed by atoms with E-state index in [2.05, 4.69) is 4.98 Å². The second kappa shape index (κ2) is 9.96. The van der Waals surface area contributed by atoms with E-state index in [-0.39, 0.29) is 36.1 Å². The van der Waals surface area contributed by atoms with E-state index in [1.165, 1.54) is 33.1 Å². The van der Waals surface area contributed by atoms with Crippen LogP contribution in [0.15, 0.2) is 41.2 Å². The predicted octanol–water partition coefficient (Wildman–Crippen LogP) is 5.43. The summed E-state index contributed by atoms with van der Waals surface area (Å²) in [7, 11) is 1.36. The number of β-amino-alcohol motifs (C(OH)–C–C–N with tert-alkyl or cyclic N) is 1. The third kappa shape index (κ3) is 5.51. The van der Waals surface area contributed by atoms with Crippen molar-refractivity contribution in [3.8, 4) is 5.75 Å². The highest BCUT2D eigenvalue weighted by molar-refractivity contribution is 6.31. The van der Waals surface area contributed by atoms with Gasteiger partial charge >= 0.3 is 11.9 Å². The molecule has 2 N–H and O–H groups in total. The summed E-state index contributed by atoms with van der Waals surface area (Å²) in [6.45, 7) is 2.95. The number of methoxy groups -OCH3 is 1. The number of nitrogens with zero attached hydrogens (tertiary/aromatic N) is 2. The molecule has 3 aromatic rings. The summed E-state index contributed by atoms with van der Waals surface area (Å²) in [5, 5.41) is 11.5. The van der Waals surface area contributed by atoms with Crippen LogP contribution < -0.4 is 10.4 Å². The molecule has 37 heavy (non-hydrogen) atoms. The Hall–Kier alpha value is -2.56. The lowest BCUT2D eigenvalue weighted by Gasteiger charge is -2.42. The van der Waals surface area contributed by atoms with Gasteiger partial charge in [-0.2, -0.15) is 13.2 Å². The fraction of sp³-hybridized carbons (Fsp3) is 0.500. The number of imidazole rings is 1. The van der Waals surface area contributed by atoms with Crippen molar-refractivity contribution in [2.75, 3.05) is 26.7 Å². The van der Waals surface area contributed by atoms with Gasteiger partial charge in [0.1, 0.15) is 11.6 Å². The molecule has 0 spiro atoms. The fourth-order valence-corrected chi connectivity index (χ4v) is 5.62. The Morgan fingerprint density at radius 2 is 1.81 bits per heavy atom. The molecular formula is C26H30ClF4N3O3. The normalized spacial score (nSPS) is 17.8. The molecule has 0 radical (unpaired) electrons. The van der Waals surface area contributed by atoms with E-state index >= 15 is 0 Å². The van der Waals surface area contributed by atoms with Gasteiger partial charge in [0.05, 0.1) is 18.1 Å². The smallest absolute Gasteiger partial charge is 0.418 e. The van der Waals surface area contributed by atoms with Crippen LogP contribution in [-0.4, -0.2) is 58.1 Å². The minimum absolute atomic E-state index is 0.203. The summed E-state index contributed by atoms with van der Waals surface area (Å²) in [6.07, 6.45) is -4.74. The van der Waals surface area contributed by atoms with Gasteiger partial charge in [-0.05, 0) is 61.1 Å². The number of piperidine rings is 1. The third-order valence-corrected chi connectivity index (χ3v) is 7.47. The number of fused-ring (bicyclic) bond motifs is 1. The highest BCUT2D eigenvalue weighted by Crippen LogP contribution is 2.44. The Morgan fingerprint density at radius 3 is 2.43 bits per heavy atom. The van der Waals surface area contributed by atoms with Crippen molar-refractivity contribution in [2.24, 2.45) is 0 Å². The largest absolute Gasteiger partial charge is 0.496 e. The molecule has 1 unspecified atom stereocenters. The molecule has 1 aliphatic heterocycles. The Balaban J connectivity index is 1.52. The van der Waals surface area contributed by atoms with E-state index in [9.17, 15) is 27.5 Å². The van der Waals surface area contributed by atoms with Gasteiger partial charge in [0.15, 0.2) is 5.60 Å². The zero-order valence-electron chi connectivity index (χ0n) is 20.8. The first-order valence-electron chi connectivity index (χ1n) is 12.0. The fourth-order valence-electron chi connectivity index (χ4n) is 5.45.